The van der Waals surface area contributed by atoms with Crippen molar-refractivity contribution < 1.29 is 4.74 Å². The van der Waals surface area contributed by atoms with Crippen LogP contribution in [0.2, 0.25) is 10.0 Å². The van der Waals surface area contributed by atoms with Gasteiger partial charge in [-0.1, -0.05) is 30.1 Å². The van der Waals surface area contributed by atoms with Crippen LogP contribution >= 0.6 is 23.2 Å². The van der Waals surface area contributed by atoms with Gasteiger partial charge in [-0.25, -0.2) is 0 Å². The number of benzene rings is 1. The van der Waals surface area contributed by atoms with Gasteiger partial charge in [-0.15, -0.1) is 0 Å². The van der Waals surface area contributed by atoms with Crippen molar-refractivity contribution in [3.8, 4) is 5.75 Å². The standard InChI is InChI=1S/C10H13Cl2NO/c1-2-8(6-13)14-10-5-7(11)3-4-9(10)12/h3-5,8H,2,6,13H2,1H3. The van der Waals surface area contributed by atoms with E-state index in [9.17, 15) is 0 Å². The van der Waals surface area contributed by atoms with Gasteiger partial charge in [-0.3, -0.25) is 0 Å². The van der Waals surface area contributed by atoms with Gasteiger partial charge in [0.05, 0.1) is 5.02 Å². The summed E-state index contributed by atoms with van der Waals surface area (Å²) >= 11 is 11.7. The lowest BCUT2D eigenvalue weighted by Crippen LogP contribution is -2.25. The molecule has 1 atom stereocenters. The lowest BCUT2D eigenvalue weighted by molar-refractivity contribution is 0.205. The fraction of sp³-hybridized carbons (Fsp3) is 0.400. The van der Waals surface area contributed by atoms with Crippen LogP contribution in [-0.2, 0) is 0 Å². The predicted molar refractivity (Wildman–Crippen MR) is 60.2 cm³/mol. The summed E-state index contributed by atoms with van der Waals surface area (Å²) in [4.78, 5) is 0. The van der Waals surface area contributed by atoms with E-state index in [4.69, 9.17) is 33.7 Å². The number of rotatable bonds is 4. The molecule has 1 rings (SSSR count). The van der Waals surface area contributed by atoms with Crippen LogP contribution in [0.1, 0.15) is 13.3 Å². The van der Waals surface area contributed by atoms with E-state index >= 15 is 0 Å². The first-order valence-electron chi connectivity index (χ1n) is 4.49. The van der Waals surface area contributed by atoms with Gasteiger partial charge in [-0.2, -0.15) is 0 Å². The van der Waals surface area contributed by atoms with Gasteiger partial charge < -0.3 is 10.5 Å². The number of halogens is 2. The monoisotopic (exact) mass is 233 g/mol. The van der Waals surface area contributed by atoms with Crippen molar-refractivity contribution in [2.45, 2.75) is 19.4 Å². The van der Waals surface area contributed by atoms with Crippen LogP contribution in [-0.4, -0.2) is 12.6 Å². The molecule has 0 saturated carbocycles. The number of ether oxygens (including phenoxy) is 1. The van der Waals surface area contributed by atoms with Gasteiger partial charge in [-0.05, 0) is 18.6 Å². The first-order chi connectivity index (χ1) is 6.67. The van der Waals surface area contributed by atoms with Crippen molar-refractivity contribution in [3.63, 3.8) is 0 Å². The zero-order valence-corrected chi connectivity index (χ0v) is 9.48. The van der Waals surface area contributed by atoms with Gasteiger partial charge in [0.25, 0.3) is 0 Å². The van der Waals surface area contributed by atoms with Crippen molar-refractivity contribution in [3.05, 3.63) is 28.2 Å². The van der Waals surface area contributed by atoms with Crippen LogP contribution in [0.5, 0.6) is 5.75 Å². The molecule has 0 aliphatic carbocycles. The molecule has 1 unspecified atom stereocenters. The second-order valence-corrected chi connectivity index (χ2v) is 3.80. The maximum Gasteiger partial charge on any atom is 0.139 e. The van der Waals surface area contributed by atoms with Crippen LogP contribution < -0.4 is 10.5 Å². The fourth-order valence-corrected chi connectivity index (χ4v) is 1.37. The highest BCUT2D eigenvalue weighted by Crippen LogP contribution is 2.28. The van der Waals surface area contributed by atoms with Gasteiger partial charge >= 0.3 is 0 Å². The van der Waals surface area contributed by atoms with Crippen LogP contribution in [0.4, 0.5) is 0 Å². The molecule has 0 spiro atoms. The van der Waals surface area contributed by atoms with E-state index in [1.165, 1.54) is 0 Å². The van der Waals surface area contributed by atoms with E-state index in [-0.39, 0.29) is 6.10 Å². The van der Waals surface area contributed by atoms with Gasteiger partial charge in [0, 0.05) is 17.6 Å². The highest BCUT2D eigenvalue weighted by Gasteiger charge is 2.08. The van der Waals surface area contributed by atoms with Crippen molar-refractivity contribution in [2.24, 2.45) is 5.73 Å². The maximum absolute atomic E-state index is 5.93. The molecule has 14 heavy (non-hydrogen) atoms. The Kier molecular flexibility index (Phi) is 4.52. The summed E-state index contributed by atoms with van der Waals surface area (Å²) in [7, 11) is 0. The smallest absolute Gasteiger partial charge is 0.139 e. The topological polar surface area (TPSA) is 35.2 Å². The Labute approximate surface area is 94.0 Å². The molecule has 0 bridgehead atoms. The molecule has 0 radical (unpaired) electrons. The largest absolute Gasteiger partial charge is 0.488 e. The Bertz CT molecular complexity index is 300. The molecule has 0 saturated heterocycles. The normalized spacial score (nSPS) is 12.6. The SMILES string of the molecule is CCC(CN)Oc1cc(Cl)ccc1Cl. The van der Waals surface area contributed by atoms with Gasteiger partial charge in [0.2, 0.25) is 0 Å². The number of hydrogen-bond donors (Lipinski definition) is 1. The van der Waals surface area contributed by atoms with Crippen LogP contribution in [0.3, 0.4) is 0 Å². The average molecular weight is 234 g/mol. The summed E-state index contributed by atoms with van der Waals surface area (Å²) in [5.74, 6) is 0.594. The molecule has 78 valence electrons. The Morgan fingerprint density at radius 1 is 1.43 bits per heavy atom. The first kappa shape index (κ1) is 11.6. The molecular weight excluding hydrogens is 221 g/mol. The number of nitrogens with two attached hydrogens (primary N) is 1. The van der Waals surface area contributed by atoms with Crippen LogP contribution in [0.25, 0.3) is 0 Å². The Morgan fingerprint density at radius 3 is 2.71 bits per heavy atom. The zero-order valence-electron chi connectivity index (χ0n) is 7.97. The fourth-order valence-electron chi connectivity index (χ4n) is 1.05. The highest BCUT2D eigenvalue weighted by molar-refractivity contribution is 6.34. The van der Waals surface area contributed by atoms with E-state index < -0.39 is 0 Å². The molecule has 4 heteroatoms. The molecule has 1 aromatic carbocycles. The molecule has 1 aromatic rings. The third-order valence-corrected chi connectivity index (χ3v) is 2.45. The molecule has 0 heterocycles. The summed E-state index contributed by atoms with van der Waals surface area (Å²) in [5.41, 5.74) is 5.52. The van der Waals surface area contributed by atoms with Crippen molar-refractivity contribution in [2.75, 3.05) is 6.54 Å². The minimum atomic E-state index is -0.00836. The summed E-state index contributed by atoms with van der Waals surface area (Å²) < 4.78 is 5.58. The summed E-state index contributed by atoms with van der Waals surface area (Å²) in [6.07, 6.45) is 0.838. The Hall–Kier alpha value is -0.440. The van der Waals surface area contributed by atoms with Gasteiger partial charge in [0.15, 0.2) is 0 Å². The van der Waals surface area contributed by atoms with Crippen molar-refractivity contribution in [1.29, 1.82) is 0 Å². The molecule has 0 aliphatic rings. The van der Waals surface area contributed by atoms with Gasteiger partial charge in [0.1, 0.15) is 11.9 Å². The quantitative estimate of drug-likeness (QED) is 0.868. The van der Waals surface area contributed by atoms with E-state index in [2.05, 4.69) is 0 Å². The van der Waals surface area contributed by atoms with Crippen molar-refractivity contribution in [1.82, 2.24) is 0 Å². The summed E-state index contributed by atoms with van der Waals surface area (Å²) in [6.45, 7) is 2.48. The van der Waals surface area contributed by atoms with E-state index in [1.807, 2.05) is 6.92 Å². The third kappa shape index (κ3) is 3.05. The van der Waals surface area contributed by atoms with E-state index in [1.54, 1.807) is 18.2 Å². The second kappa shape index (κ2) is 5.44. The molecule has 2 nitrogen and oxygen atoms in total. The molecule has 0 aliphatic heterocycles. The Balaban J connectivity index is 2.79. The molecule has 2 N–H and O–H groups in total. The highest BCUT2D eigenvalue weighted by atomic mass is 35.5. The zero-order chi connectivity index (χ0) is 10.6. The minimum absolute atomic E-state index is 0.00836. The summed E-state index contributed by atoms with van der Waals surface area (Å²) in [5, 5.41) is 1.16. The molecule has 0 aromatic heterocycles. The predicted octanol–water partition coefficient (Wildman–Crippen LogP) is 3.11. The van der Waals surface area contributed by atoms with E-state index in [0.717, 1.165) is 6.42 Å². The molecular formula is C10H13Cl2NO. The number of hydrogen-bond acceptors (Lipinski definition) is 2. The summed E-state index contributed by atoms with van der Waals surface area (Å²) in [6, 6.07) is 5.13. The van der Waals surface area contributed by atoms with Crippen LogP contribution in [0, 0.1) is 0 Å². The van der Waals surface area contributed by atoms with Crippen LogP contribution in [0.15, 0.2) is 18.2 Å². The van der Waals surface area contributed by atoms with Crippen molar-refractivity contribution >= 4 is 23.2 Å². The first-order valence-corrected chi connectivity index (χ1v) is 5.24. The minimum Gasteiger partial charge on any atom is -0.488 e. The molecule has 0 fully saturated rings. The van der Waals surface area contributed by atoms with E-state index in [0.29, 0.717) is 22.3 Å². The average Bonchev–Trinajstić information content (AvgIpc) is 2.19. The maximum atomic E-state index is 5.93. The Morgan fingerprint density at radius 2 is 2.14 bits per heavy atom. The lowest BCUT2D eigenvalue weighted by atomic mass is 10.2. The third-order valence-electron chi connectivity index (χ3n) is 1.91. The lowest BCUT2D eigenvalue weighted by Gasteiger charge is -2.16. The second-order valence-electron chi connectivity index (χ2n) is 2.96. The molecule has 0 amide bonds.